The number of benzene rings is 2. The third kappa shape index (κ3) is 4.30. The van der Waals surface area contributed by atoms with Crippen molar-refractivity contribution >= 4 is 74.6 Å². The summed E-state index contributed by atoms with van der Waals surface area (Å²) in [5.41, 5.74) is 2.06. The first-order valence-electron chi connectivity index (χ1n) is 10.1. The van der Waals surface area contributed by atoms with E-state index in [4.69, 9.17) is 23.8 Å². The second-order valence-electron chi connectivity index (χ2n) is 7.35. The summed E-state index contributed by atoms with van der Waals surface area (Å²) < 4.78 is 0.452. The third-order valence-electron chi connectivity index (χ3n) is 5.14. The number of fused-ring (bicyclic) bond motifs is 1. The van der Waals surface area contributed by atoms with E-state index in [1.54, 1.807) is 53.4 Å². The average molecular weight is 486 g/mol. The van der Waals surface area contributed by atoms with Crippen molar-refractivity contribution in [2.45, 2.75) is 19.8 Å². The molecule has 2 aromatic carbocycles. The van der Waals surface area contributed by atoms with E-state index in [0.29, 0.717) is 43.3 Å². The largest absolute Gasteiger partial charge is 0.324 e. The Morgan fingerprint density at radius 2 is 1.88 bits per heavy atom. The Balaban J connectivity index is 1.63. The number of carbonyl (C=O) groups excluding carboxylic acids is 3. The Hall–Kier alpha value is -2.68. The molecule has 9 heteroatoms. The number of thioether (sulfide) groups is 1. The number of carbonyl (C=O) groups is 3. The third-order valence-corrected chi connectivity index (χ3v) is 6.83. The second-order valence-corrected chi connectivity index (χ2v) is 9.43. The number of nitrogens with one attached hydrogen (secondary N) is 1. The number of para-hydroxylation sites is 1. The van der Waals surface area contributed by atoms with Crippen LogP contribution < -0.4 is 10.2 Å². The number of hydrogen-bond donors (Lipinski definition) is 1. The first-order valence-corrected chi connectivity index (χ1v) is 11.8. The molecule has 0 radical (unpaired) electrons. The van der Waals surface area contributed by atoms with Crippen LogP contribution in [0.5, 0.6) is 0 Å². The summed E-state index contributed by atoms with van der Waals surface area (Å²) in [4.78, 5) is 42.4. The Kier molecular flexibility index (Phi) is 6.64. The summed E-state index contributed by atoms with van der Waals surface area (Å²) >= 11 is 12.5. The molecule has 2 heterocycles. The molecule has 1 saturated heterocycles. The topological polar surface area (TPSA) is 69.7 Å². The van der Waals surface area contributed by atoms with Crippen molar-refractivity contribution in [3.8, 4) is 0 Å². The van der Waals surface area contributed by atoms with Gasteiger partial charge in [0, 0.05) is 22.8 Å². The zero-order valence-electron chi connectivity index (χ0n) is 17.3. The highest BCUT2D eigenvalue weighted by Gasteiger charge is 2.42. The van der Waals surface area contributed by atoms with Gasteiger partial charge in [0.25, 0.3) is 11.8 Å². The molecule has 164 valence electrons. The molecule has 2 aliphatic heterocycles. The summed E-state index contributed by atoms with van der Waals surface area (Å²) in [7, 11) is 0. The number of hydrogen-bond acceptors (Lipinski definition) is 5. The van der Waals surface area contributed by atoms with Crippen LogP contribution in [0.4, 0.5) is 11.4 Å². The maximum atomic E-state index is 13.4. The van der Waals surface area contributed by atoms with Gasteiger partial charge in [-0.25, -0.2) is 0 Å². The number of nitrogens with zero attached hydrogens (tertiary/aromatic N) is 2. The van der Waals surface area contributed by atoms with Crippen molar-refractivity contribution in [2.75, 3.05) is 23.3 Å². The van der Waals surface area contributed by atoms with E-state index in [9.17, 15) is 14.4 Å². The van der Waals surface area contributed by atoms with Crippen molar-refractivity contribution in [3.05, 3.63) is 64.0 Å². The van der Waals surface area contributed by atoms with Crippen LogP contribution in [0.1, 0.15) is 25.3 Å². The van der Waals surface area contributed by atoms with Crippen molar-refractivity contribution in [2.24, 2.45) is 0 Å². The van der Waals surface area contributed by atoms with Gasteiger partial charge in [0.1, 0.15) is 10.9 Å². The van der Waals surface area contributed by atoms with E-state index in [1.165, 1.54) is 4.90 Å². The maximum absolute atomic E-state index is 13.4. The lowest BCUT2D eigenvalue weighted by atomic mass is 10.1. The van der Waals surface area contributed by atoms with Crippen molar-refractivity contribution in [3.63, 3.8) is 0 Å². The zero-order chi connectivity index (χ0) is 22.8. The smallest absolute Gasteiger partial charge is 0.267 e. The molecule has 0 saturated carbocycles. The lowest BCUT2D eigenvalue weighted by molar-refractivity contribution is -0.122. The summed E-state index contributed by atoms with van der Waals surface area (Å²) in [6, 6.07) is 13.9. The van der Waals surface area contributed by atoms with Crippen LogP contribution >= 0.6 is 35.6 Å². The molecule has 0 atom stereocenters. The standard InChI is InChI=1S/C23H20ClN3O3S2/c1-2-3-11-26-22(30)20(32-23(26)31)19-16-9-4-5-10-17(16)27(21(19)29)13-18(28)25-15-8-6-7-14(24)12-15/h4-10,12H,2-3,11,13H2,1H3,(H,25,28). The SMILES string of the molecule is CCCCN1C(=O)C(=C2C(=O)N(CC(=O)Nc3cccc(Cl)c3)c3ccccc32)SC1=S. The van der Waals surface area contributed by atoms with Crippen LogP contribution in [0.25, 0.3) is 5.57 Å². The Bertz CT molecular complexity index is 1160. The zero-order valence-corrected chi connectivity index (χ0v) is 19.6. The first kappa shape index (κ1) is 22.5. The molecule has 0 aromatic heterocycles. The van der Waals surface area contributed by atoms with Crippen LogP contribution in [-0.4, -0.2) is 40.0 Å². The van der Waals surface area contributed by atoms with E-state index in [1.807, 2.05) is 6.92 Å². The summed E-state index contributed by atoms with van der Waals surface area (Å²) in [5.74, 6) is -1.01. The van der Waals surface area contributed by atoms with Crippen molar-refractivity contribution in [1.82, 2.24) is 4.90 Å². The van der Waals surface area contributed by atoms with Crippen LogP contribution in [0.15, 0.2) is 53.4 Å². The van der Waals surface area contributed by atoms with Crippen LogP contribution in [0.3, 0.4) is 0 Å². The van der Waals surface area contributed by atoms with E-state index >= 15 is 0 Å². The van der Waals surface area contributed by atoms with E-state index < -0.39 is 0 Å². The number of amides is 3. The van der Waals surface area contributed by atoms with Crippen LogP contribution in [-0.2, 0) is 14.4 Å². The fraction of sp³-hybridized carbons (Fsp3) is 0.217. The number of unbranched alkanes of at least 4 members (excludes halogenated alkanes) is 1. The highest BCUT2D eigenvalue weighted by atomic mass is 35.5. The van der Waals surface area contributed by atoms with Gasteiger partial charge in [-0.15, -0.1) is 0 Å². The molecular formula is C23H20ClN3O3S2. The van der Waals surface area contributed by atoms with Crippen molar-refractivity contribution in [1.29, 1.82) is 0 Å². The summed E-state index contributed by atoms with van der Waals surface area (Å²) in [6.07, 6.45) is 1.76. The van der Waals surface area contributed by atoms with Gasteiger partial charge in [-0.1, -0.05) is 73.2 Å². The summed E-state index contributed by atoms with van der Waals surface area (Å²) in [5, 5.41) is 3.25. The number of anilines is 2. The predicted molar refractivity (Wildman–Crippen MR) is 133 cm³/mol. The Labute approximate surface area is 200 Å². The minimum absolute atomic E-state index is 0.192. The number of rotatable bonds is 6. The molecule has 1 N–H and O–H groups in total. The Morgan fingerprint density at radius 3 is 2.62 bits per heavy atom. The number of thiocarbonyl (C=S) groups is 1. The molecule has 0 unspecified atom stereocenters. The quantitative estimate of drug-likeness (QED) is 0.474. The molecule has 0 bridgehead atoms. The van der Waals surface area contributed by atoms with Gasteiger partial charge in [0.15, 0.2) is 0 Å². The second kappa shape index (κ2) is 9.44. The van der Waals surface area contributed by atoms with E-state index in [0.717, 1.165) is 24.6 Å². The molecule has 3 amide bonds. The molecule has 0 aliphatic carbocycles. The highest BCUT2D eigenvalue weighted by Crippen LogP contribution is 2.44. The summed E-state index contributed by atoms with van der Waals surface area (Å²) in [6.45, 7) is 2.38. The highest BCUT2D eigenvalue weighted by molar-refractivity contribution is 8.26. The molecule has 4 rings (SSSR count). The molecular weight excluding hydrogens is 466 g/mol. The average Bonchev–Trinajstić information content (AvgIpc) is 3.19. The maximum Gasteiger partial charge on any atom is 0.267 e. The normalized spacial score (nSPS) is 17.9. The van der Waals surface area contributed by atoms with Gasteiger partial charge in [-0.2, -0.15) is 0 Å². The molecule has 0 spiro atoms. The Morgan fingerprint density at radius 1 is 1.09 bits per heavy atom. The lowest BCUT2D eigenvalue weighted by Crippen LogP contribution is -2.35. The lowest BCUT2D eigenvalue weighted by Gasteiger charge is -2.17. The fourth-order valence-corrected chi connectivity index (χ4v) is 5.20. The molecule has 1 fully saturated rings. The minimum Gasteiger partial charge on any atom is -0.324 e. The van der Waals surface area contributed by atoms with Gasteiger partial charge < -0.3 is 5.32 Å². The molecule has 6 nitrogen and oxygen atoms in total. The van der Waals surface area contributed by atoms with Gasteiger partial charge in [-0.05, 0) is 30.7 Å². The van der Waals surface area contributed by atoms with Crippen LogP contribution in [0.2, 0.25) is 5.02 Å². The predicted octanol–water partition coefficient (Wildman–Crippen LogP) is 4.70. The molecule has 2 aliphatic rings. The van der Waals surface area contributed by atoms with E-state index in [2.05, 4.69) is 5.32 Å². The van der Waals surface area contributed by atoms with Gasteiger partial charge >= 0.3 is 0 Å². The van der Waals surface area contributed by atoms with E-state index in [-0.39, 0.29) is 24.3 Å². The molecule has 32 heavy (non-hydrogen) atoms. The van der Waals surface area contributed by atoms with Gasteiger partial charge in [0.05, 0.1) is 16.2 Å². The monoisotopic (exact) mass is 485 g/mol. The molecule has 2 aromatic rings. The van der Waals surface area contributed by atoms with Gasteiger partial charge in [0.2, 0.25) is 5.91 Å². The minimum atomic E-state index is -0.386. The van der Waals surface area contributed by atoms with Crippen LogP contribution in [0, 0.1) is 0 Å². The first-order chi connectivity index (χ1) is 15.4. The fourth-order valence-electron chi connectivity index (χ4n) is 3.63. The number of halogens is 1. The van der Waals surface area contributed by atoms with Crippen molar-refractivity contribution < 1.29 is 14.4 Å². The van der Waals surface area contributed by atoms with Gasteiger partial charge in [-0.3, -0.25) is 24.2 Å².